The minimum Gasteiger partial charge on any atom is -0.355 e. The summed E-state index contributed by atoms with van der Waals surface area (Å²) in [5.41, 5.74) is 2.67. The number of hydrogen-bond donors (Lipinski definition) is 2. The fourth-order valence-corrected chi connectivity index (χ4v) is 1.27. The first kappa shape index (κ1) is 9.98. The summed E-state index contributed by atoms with van der Waals surface area (Å²) >= 11 is 0. The normalized spacial score (nSPS) is 22.7. The van der Waals surface area contributed by atoms with Gasteiger partial charge in [-0.3, -0.25) is 15.0 Å². The Kier molecular flexibility index (Phi) is 3.25. The van der Waals surface area contributed by atoms with Crippen LogP contribution in [0.3, 0.4) is 0 Å². The molecule has 0 radical (unpaired) electrons. The van der Waals surface area contributed by atoms with E-state index in [0.29, 0.717) is 19.4 Å². The average Bonchev–Trinajstić information content (AvgIpc) is 2.04. The molecule has 5 heteroatoms. The fourth-order valence-electron chi connectivity index (χ4n) is 1.27. The van der Waals surface area contributed by atoms with Crippen LogP contribution in [0.5, 0.6) is 0 Å². The molecule has 1 atom stereocenters. The van der Waals surface area contributed by atoms with Crippen molar-refractivity contribution in [3.05, 3.63) is 0 Å². The van der Waals surface area contributed by atoms with E-state index in [9.17, 15) is 9.59 Å². The van der Waals surface area contributed by atoms with Crippen LogP contribution in [0.2, 0.25) is 0 Å². The summed E-state index contributed by atoms with van der Waals surface area (Å²) in [6, 6.07) is 0. The van der Waals surface area contributed by atoms with E-state index in [4.69, 9.17) is 0 Å². The summed E-state index contributed by atoms with van der Waals surface area (Å²) in [4.78, 5) is 22.2. The number of piperidine rings is 1. The molecule has 0 aromatic carbocycles. The first-order chi connectivity index (χ1) is 6.09. The maximum Gasteiger partial charge on any atom is 0.239 e. The highest BCUT2D eigenvalue weighted by atomic mass is 16.2. The van der Waals surface area contributed by atoms with Crippen LogP contribution in [-0.2, 0) is 9.59 Å². The van der Waals surface area contributed by atoms with Gasteiger partial charge in [-0.15, -0.1) is 0 Å². The molecule has 0 bridgehead atoms. The van der Waals surface area contributed by atoms with Crippen molar-refractivity contribution >= 4 is 11.8 Å². The van der Waals surface area contributed by atoms with Gasteiger partial charge in [0, 0.05) is 27.1 Å². The van der Waals surface area contributed by atoms with Gasteiger partial charge >= 0.3 is 0 Å². The van der Waals surface area contributed by atoms with Crippen molar-refractivity contribution in [3.63, 3.8) is 0 Å². The van der Waals surface area contributed by atoms with Gasteiger partial charge in [0.05, 0.1) is 5.92 Å². The number of hydrogen-bond acceptors (Lipinski definition) is 3. The molecular formula is C8H15N3O2. The molecule has 2 amide bonds. The van der Waals surface area contributed by atoms with Crippen LogP contribution in [0.15, 0.2) is 0 Å². The van der Waals surface area contributed by atoms with Crippen molar-refractivity contribution in [1.29, 1.82) is 0 Å². The molecule has 1 aliphatic rings. The molecule has 5 nitrogen and oxygen atoms in total. The second-order valence-corrected chi connectivity index (χ2v) is 3.41. The minimum atomic E-state index is -0.0832. The van der Waals surface area contributed by atoms with Gasteiger partial charge in [-0.1, -0.05) is 0 Å². The maximum atomic E-state index is 11.4. The lowest BCUT2D eigenvalue weighted by Gasteiger charge is -2.23. The molecule has 1 aliphatic heterocycles. The van der Waals surface area contributed by atoms with E-state index in [2.05, 4.69) is 10.7 Å². The van der Waals surface area contributed by atoms with Crippen LogP contribution in [0, 0.1) is 5.92 Å². The molecule has 0 saturated carbocycles. The van der Waals surface area contributed by atoms with Crippen molar-refractivity contribution < 1.29 is 9.59 Å². The van der Waals surface area contributed by atoms with E-state index in [-0.39, 0.29) is 17.7 Å². The molecule has 1 rings (SSSR count). The summed E-state index contributed by atoms with van der Waals surface area (Å²) in [5.74, 6) is -0.0704. The first-order valence-corrected chi connectivity index (χ1v) is 4.34. The monoisotopic (exact) mass is 185 g/mol. The number of carbonyl (C=O) groups excluding carboxylic acids is 2. The van der Waals surface area contributed by atoms with E-state index in [1.807, 2.05) is 0 Å². The van der Waals surface area contributed by atoms with Crippen LogP contribution in [0.4, 0.5) is 0 Å². The van der Waals surface area contributed by atoms with Crippen LogP contribution in [-0.4, -0.2) is 37.5 Å². The summed E-state index contributed by atoms with van der Waals surface area (Å²) in [5, 5.41) is 4.28. The second-order valence-electron chi connectivity index (χ2n) is 3.41. The smallest absolute Gasteiger partial charge is 0.239 e. The third-order valence-corrected chi connectivity index (χ3v) is 1.97. The van der Waals surface area contributed by atoms with Gasteiger partial charge in [0.1, 0.15) is 0 Å². The lowest BCUT2D eigenvalue weighted by molar-refractivity contribution is -0.131. The number of nitrogens with one attached hydrogen (secondary N) is 2. The molecule has 1 heterocycles. The molecule has 1 saturated heterocycles. The fraction of sp³-hybridized carbons (Fsp3) is 0.750. The topological polar surface area (TPSA) is 61.4 Å². The van der Waals surface area contributed by atoms with Gasteiger partial charge < -0.3 is 5.32 Å². The van der Waals surface area contributed by atoms with Crippen LogP contribution >= 0.6 is 0 Å². The number of hydrazine groups is 1. The molecule has 1 unspecified atom stereocenters. The molecule has 1 fully saturated rings. The quantitative estimate of drug-likeness (QED) is 0.548. The largest absolute Gasteiger partial charge is 0.355 e. The van der Waals surface area contributed by atoms with E-state index in [1.165, 1.54) is 0 Å². The highest BCUT2D eigenvalue weighted by Gasteiger charge is 2.24. The third kappa shape index (κ3) is 3.02. The lowest BCUT2D eigenvalue weighted by atomic mass is 9.99. The maximum absolute atomic E-state index is 11.4. The van der Waals surface area contributed by atoms with Crippen molar-refractivity contribution in [2.24, 2.45) is 5.92 Å². The van der Waals surface area contributed by atoms with Gasteiger partial charge in [-0.25, -0.2) is 5.01 Å². The van der Waals surface area contributed by atoms with Crippen LogP contribution in [0.25, 0.3) is 0 Å². The van der Waals surface area contributed by atoms with E-state index in [0.717, 1.165) is 0 Å². The average molecular weight is 185 g/mol. The van der Waals surface area contributed by atoms with Gasteiger partial charge in [0.2, 0.25) is 11.8 Å². The second kappa shape index (κ2) is 4.23. The zero-order valence-electron chi connectivity index (χ0n) is 7.96. The molecule has 74 valence electrons. The number of nitrogens with zero attached hydrogens (tertiary/aromatic N) is 1. The minimum absolute atomic E-state index is 0.0231. The van der Waals surface area contributed by atoms with Gasteiger partial charge in [0.15, 0.2) is 0 Å². The molecule has 13 heavy (non-hydrogen) atoms. The van der Waals surface area contributed by atoms with Crippen LogP contribution < -0.4 is 10.7 Å². The molecule has 0 aromatic rings. The Morgan fingerprint density at radius 2 is 2.31 bits per heavy atom. The van der Waals surface area contributed by atoms with Gasteiger partial charge in [-0.2, -0.15) is 0 Å². The highest BCUT2D eigenvalue weighted by Crippen LogP contribution is 2.10. The van der Waals surface area contributed by atoms with Crippen molar-refractivity contribution in [1.82, 2.24) is 15.8 Å². The number of amides is 2. The molecule has 0 aromatic heterocycles. The molecular weight excluding hydrogens is 170 g/mol. The lowest BCUT2D eigenvalue weighted by Crippen LogP contribution is -2.46. The zero-order valence-corrected chi connectivity index (χ0v) is 7.96. The van der Waals surface area contributed by atoms with E-state index >= 15 is 0 Å². The number of rotatable bonds is 2. The Morgan fingerprint density at radius 1 is 1.62 bits per heavy atom. The van der Waals surface area contributed by atoms with E-state index < -0.39 is 0 Å². The summed E-state index contributed by atoms with van der Waals surface area (Å²) < 4.78 is 0. The standard InChI is InChI=1S/C8H15N3O2/c1-11(2)10-8(13)6-3-4-7(12)9-5-6/h6H,3-5H2,1-2H3,(H,9,12)(H,10,13). The van der Waals surface area contributed by atoms with Gasteiger partial charge in [0.25, 0.3) is 0 Å². The van der Waals surface area contributed by atoms with Crippen LogP contribution in [0.1, 0.15) is 12.8 Å². The summed E-state index contributed by atoms with van der Waals surface area (Å²) in [6.45, 7) is 0.457. The first-order valence-electron chi connectivity index (χ1n) is 4.34. The third-order valence-electron chi connectivity index (χ3n) is 1.97. The Hall–Kier alpha value is -1.10. The predicted molar refractivity (Wildman–Crippen MR) is 47.6 cm³/mol. The molecule has 2 N–H and O–H groups in total. The van der Waals surface area contributed by atoms with E-state index in [1.54, 1.807) is 19.1 Å². The molecule has 0 aliphatic carbocycles. The van der Waals surface area contributed by atoms with Gasteiger partial charge in [-0.05, 0) is 6.42 Å². The summed E-state index contributed by atoms with van der Waals surface area (Å²) in [6.07, 6.45) is 1.09. The van der Waals surface area contributed by atoms with Crippen molar-refractivity contribution in [2.45, 2.75) is 12.8 Å². The Balaban J connectivity index is 2.35. The highest BCUT2D eigenvalue weighted by molar-refractivity contribution is 5.83. The Labute approximate surface area is 77.4 Å². The molecule has 0 spiro atoms. The Morgan fingerprint density at radius 3 is 2.77 bits per heavy atom. The SMILES string of the molecule is CN(C)NC(=O)C1CCC(=O)NC1. The Bertz CT molecular complexity index is 205. The van der Waals surface area contributed by atoms with Crippen molar-refractivity contribution in [3.8, 4) is 0 Å². The van der Waals surface area contributed by atoms with Crippen molar-refractivity contribution in [2.75, 3.05) is 20.6 Å². The summed E-state index contributed by atoms with van der Waals surface area (Å²) in [7, 11) is 3.53. The predicted octanol–water partition coefficient (Wildman–Crippen LogP) is -0.895. The number of carbonyl (C=O) groups is 2. The zero-order chi connectivity index (χ0) is 9.84.